The van der Waals surface area contributed by atoms with Crippen LogP contribution in [0.1, 0.15) is 45.0 Å². The number of ketones is 1. The van der Waals surface area contributed by atoms with Gasteiger partial charge >= 0.3 is 11.9 Å². The van der Waals surface area contributed by atoms with Crippen LogP contribution in [0.4, 0.5) is 5.13 Å². The summed E-state index contributed by atoms with van der Waals surface area (Å²) in [6.45, 7) is 5.25. The Labute approximate surface area is 211 Å². The maximum Gasteiger partial charge on any atom is 0.350 e. The second kappa shape index (κ2) is 9.82. The molecule has 10 heteroatoms. The molecule has 1 fully saturated rings. The van der Waals surface area contributed by atoms with Crippen molar-refractivity contribution in [1.82, 2.24) is 4.98 Å². The number of anilines is 1. The molecule has 0 unspecified atom stereocenters. The van der Waals surface area contributed by atoms with Crippen molar-refractivity contribution in [3.05, 3.63) is 75.3 Å². The number of aliphatic hydroxyl groups excluding tert-OH is 1. The highest BCUT2D eigenvalue weighted by molar-refractivity contribution is 7.17. The Morgan fingerprint density at radius 2 is 1.83 bits per heavy atom. The van der Waals surface area contributed by atoms with Crippen molar-refractivity contribution >= 4 is 39.9 Å². The fourth-order valence-corrected chi connectivity index (χ4v) is 5.04. The predicted octanol–water partition coefficient (Wildman–Crippen LogP) is 4.28. The highest BCUT2D eigenvalue weighted by atomic mass is 32.1. The Hall–Kier alpha value is -4.18. The highest BCUT2D eigenvalue weighted by Crippen LogP contribution is 2.44. The Kier molecular flexibility index (Phi) is 6.80. The first-order valence-corrected chi connectivity index (χ1v) is 11.9. The van der Waals surface area contributed by atoms with E-state index in [1.165, 1.54) is 19.2 Å². The van der Waals surface area contributed by atoms with Gasteiger partial charge < -0.3 is 19.7 Å². The molecule has 2 aromatic carbocycles. The number of Topliss-reactive ketones (excluding diaryl/α,β-unsaturated/α-hetero) is 1. The number of carbonyl (C=O) groups is 3. The lowest BCUT2D eigenvalue weighted by molar-refractivity contribution is -0.132. The van der Waals surface area contributed by atoms with Gasteiger partial charge in [0.15, 0.2) is 5.13 Å². The normalized spacial score (nSPS) is 16.9. The second-order valence-electron chi connectivity index (χ2n) is 8.08. The SMILES string of the molecule is CCOC(=O)c1sc(N2C(=O)C(=O)C(=C(O)c3ccc(OC)c(C)c3)[C@H]2c2ccc(O)cc2)nc1C. The number of carbonyl (C=O) groups excluding carboxylic acids is 3. The zero-order chi connectivity index (χ0) is 26.1. The van der Waals surface area contributed by atoms with Crippen LogP contribution in [0, 0.1) is 13.8 Å². The van der Waals surface area contributed by atoms with Crippen LogP contribution in [0.5, 0.6) is 11.5 Å². The Bertz CT molecular complexity index is 1390. The van der Waals surface area contributed by atoms with E-state index in [4.69, 9.17) is 9.47 Å². The first-order valence-electron chi connectivity index (χ1n) is 11.1. The summed E-state index contributed by atoms with van der Waals surface area (Å²) in [6.07, 6.45) is 0. The molecule has 0 bridgehead atoms. The van der Waals surface area contributed by atoms with E-state index >= 15 is 0 Å². The number of thiazole rings is 1. The number of amides is 1. The molecule has 1 amide bonds. The van der Waals surface area contributed by atoms with Crippen LogP contribution < -0.4 is 9.64 Å². The van der Waals surface area contributed by atoms with Gasteiger partial charge in [-0.2, -0.15) is 0 Å². The van der Waals surface area contributed by atoms with Gasteiger partial charge in [0.25, 0.3) is 5.78 Å². The monoisotopic (exact) mass is 508 g/mol. The van der Waals surface area contributed by atoms with Crippen molar-refractivity contribution in [3.63, 3.8) is 0 Å². The molecule has 0 radical (unpaired) electrons. The number of aromatic nitrogens is 1. The third kappa shape index (κ3) is 4.31. The topological polar surface area (TPSA) is 126 Å². The van der Waals surface area contributed by atoms with Crippen LogP contribution in [0.3, 0.4) is 0 Å². The molecule has 1 aliphatic heterocycles. The lowest BCUT2D eigenvalue weighted by atomic mass is 9.95. The van der Waals surface area contributed by atoms with Gasteiger partial charge in [0.1, 0.15) is 22.1 Å². The van der Waals surface area contributed by atoms with E-state index < -0.39 is 23.7 Å². The van der Waals surface area contributed by atoms with Gasteiger partial charge in [0.05, 0.1) is 31.0 Å². The smallest absolute Gasteiger partial charge is 0.350 e. The van der Waals surface area contributed by atoms with E-state index in [2.05, 4.69) is 4.98 Å². The number of esters is 1. The molecule has 0 saturated carbocycles. The van der Waals surface area contributed by atoms with Crippen LogP contribution in [0.15, 0.2) is 48.0 Å². The molecule has 1 atom stereocenters. The van der Waals surface area contributed by atoms with E-state index in [9.17, 15) is 24.6 Å². The summed E-state index contributed by atoms with van der Waals surface area (Å²) in [4.78, 5) is 44.7. The molecule has 2 N–H and O–H groups in total. The van der Waals surface area contributed by atoms with Gasteiger partial charge in [-0.25, -0.2) is 9.78 Å². The minimum Gasteiger partial charge on any atom is -0.508 e. The van der Waals surface area contributed by atoms with Crippen LogP contribution in [0.25, 0.3) is 5.76 Å². The lowest BCUT2D eigenvalue weighted by Gasteiger charge is -2.23. The van der Waals surface area contributed by atoms with E-state index in [1.807, 2.05) is 0 Å². The van der Waals surface area contributed by atoms with Crippen LogP contribution >= 0.6 is 11.3 Å². The maximum absolute atomic E-state index is 13.3. The quantitative estimate of drug-likeness (QED) is 0.219. The Morgan fingerprint density at radius 3 is 2.44 bits per heavy atom. The summed E-state index contributed by atoms with van der Waals surface area (Å²) in [5.41, 5.74) is 1.74. The molecule has 4 rings (SSSR count). The molecule has 1 saturated heterocycles. The zero-order valence-corrected chi connectivity index (χ0v) is 20.9. The van der Waals surface area contributed by atoms with Crippen molar-refractivity contribution in [1.29, 1.82) is 0 Å². The molecule has 1 aromatic heterocycles. The first-order chi connectivity index (χ1) is 17.2. The minimum atomic E-state index is -1.05. The number of phenolic OH excluding ortho intramolecular Hbond substituents is 1. The van der Waals surface area contributed by atoms with Crippen LogP contribution in [0.2, 0.25) is 0 Å². The van der Waals surface area contributed by atoms with Gasteiger partial charge in [-0.15, -0.1) is 0 Å². The van der Waals surface area contributed by atoms with Gasteiger partial charge in [0, 0.05) is 5.56 Å². The van der Waals surface area contributed by atoms with Gasteiger partial charge in [0.2, 0.25) is 0 Å². The summed E-state index contributed by atoms with van der Waals surface area (Å²) >= 11 is 0.926. The number of phenols is 1. The largest absolute Gasteiger partial charge is 0.508 e. The number of nitrogens with zero attached hydrogens (tertiary/aromatic N) is 2. The standard InChI is InChI=1S/C26H24N2O7S/c1-5-35-25(33)23-14(3)27-26(36-23)28-20(15-6-9-17(29)10-7-15)19(22(31)24(28)32)21(30)16-8-11-18(34-4)13(2)12-16/h6-12,20,29-30H,5H2,1-4H3/t20-/m1/s1. The number of benzene rings is 2. The number of aromatic hydroxyl groups is 1. The van der Waals surface area contributed by atoms with Crippen LogP contribution in [-0.2, 0) is 14.3 Å². The molecule has 36 heavy (non-hydrogen) atoms. The summed E-state index contributed by atoms with van der Waals surface area (Å²) in [6, 6.07) is 9.81. The Balaban J connectivity index is 1.91. The fraction of sp³-hybridized carbons (Fsp3) is 0.231. The van der Waals surface area contributed by atoms with Crippen LogP contribution in [-0.4, -0.2) is 46.6 Å². The third-order valence-electron chi connectivity index (χ3n) is 5.77. The highest BCUT2D eigenvalue weighted by Gasteiger charge is 2.48. The summed E-state index contributed by atoms with van der Waals surface area (Å²) in [5, 5.41) is 21.2. The molecular weight excluding hydrogens is 484 g/mol. The van der Waals surface area contributed by atoms with Crippen molar-refractivity contribution < 1.29 is 34.1 Å². The van der Waals surface area contributed by atoms with E-state index in [0.29, 0.717) is 22.6 Å². The molecule has 1 aliphatic rings. The Morgan fingerprint density at radius 1 is 1.14 bits per heavy atom. The number of methoxy groups -OCH3 is 1. The van der Waals surface area contributed by atoms with Crippen molar-refractivity contribution in [2.45, 2.75) is 26.8 Å². The molecule has 3 aromatic rings. The predicted molar refractivity (Wildman–Crippen MR) is 133 cm³/mol. The number of aryl methyl sites for hydroxylation is 2. The van der Waals surface area contributed by atoms with Crippen molar-refractivity contribution in [2.24, 2.45) is 0 Å². The lowest BCUT2D eigenvalue weighted by Crippen LogP contribution is -2.29. The molecule has 0 spiro atoms. The number of hydrogen-bond acceptors (Lipinski definition) is 9. The van der Waals surface area contributed by atoms with E-state index in [0.717, 1.165) is 21.8 Å². The molecule has 9 nitrogen and oxygen atoms in total. The average molecular weight is 509 g/mol. The van der Waals surface area contributed by atoms with E-state index in [-0.39, 0.29) is 33.7 Å². The number of aliphatic hydroxyl groups is 1. The zero-order valence-electron chi connectivity index (χ0n) is 20.1. The number of hydrogen-bond donors (Lipinski definition) is 2. The average Bonchev–Trinajstić information content (AvgIpc) is 3.36. The summed E-state index contributed by atoms with van der Waals surface area (Å²) in [5.74, 6) is -2.14. The third-order valence-corrected chi connectivity index (χ3v) is 6.91. The molecule has 2 heterocycles. The summed E-state index contributed by atoms with van der Waals surface area (Å²) < 4.78 is 10.4. The number of ether oxygens (including phenoxy) is 2. The maximum atomic E-state index is 13.3. The number of rotatable bonds is 6. The van der Waals surface area contributed by atoms with Gasteiger partial charge in [-0.1, -0.05) is 23.5 Å². The fourth-order valence-electron chi connectivity index (χ4n) is 4.05. The van der Waals surface area contributed by atoms with Crippen molar-refractivity contribution in [2.75, 3.05) is 18.6 Å². The summed E-state index contributed by atoms with van der Waals surface area (Å²) in [7, 11) is 1.53. The van der Waals surface area contributed by atoms with Crippen molar-refractivity contribution in [3.8, 4) is 11.5 Å². The van der Waals surface area contributed by atoms with E-state index in [1.54, 1.807) is 51.1 Å². The first kappa shape index (κ1) is 24.9. The molecule has 186 valence electrons. The molecule has 0 aliphatic carbocycles. The van der Waals surface area contributed by atoms with Gasteiger partial charge in [-0.3, -0.25) is 14.5 Å². The molecular formula is C26H24N2O7S. The van der Waals surface area contributed by atoms with Gasteiger partial charge in [-0.05, 0) is 62.2 Å². The second-order valence-corrected chi connectivity index (χ2v) is 9.05. The minimum absolute atomic E-state index is 0.00355.